The van der Waals surface area contributed by atoms with Gasteiger partial charge < -0.3 is 24.0 Å². The van der Waals surface area contributed by atoms with Crippen LogP contribution in [0.3, 0.4) is 0 Å². The number of amides is 2. The number of piperazine rings is 1. The Balaban J connectivity index is 1.61. The van der Waals surface area contributed by atoms with Gasteiger partial charge in [0.15, 0.2) is 11.8 Å². The summed E-state index contributed by atoms with van der Waals surface area (Å²) in [6.45, 7) is 4.43. The highest BCUT2D eigenvalue weighted by molar-refractivity contribution is 7.93. The van der Waals surface area contributed by atoms with Gasteiger partial charge in [0.05, 0.1) is 36.4 Å². The number of likely N-dealkylation sites (tertiary alicyclic amines) is 1. The van der Waals surface area contributed by atoms with Crippen molar-refractivity contribution in [2.45, 2.75) is 36.0 Å². The average molecular weight is 703 g/mol. The number of nitriles is 1. The van der Waals surface area contributed by atoms with Crippen LogP contribution in [0, 0.1) is 11.3 Å². The van der Waals surface area contributed by atoms with Gasteiger partial charge in [-0.1, -0.05) is 6.07 Å². The molecular weight excluding hydrogens is 660 g/mol. The van der Waals surface area contributed by atoms with Gasteiger partial charge in [0, 0.05) is 64.5 Å². The molecule has 3 aliphatic rings. The summed E-state index contributed by atoms with van der Waals surface area (Å²) in [5.41, 5.74) is 0.0423. The van der Waals surface area contributed by atoms with Crippen LogP contribution in [0.15, 0.2) is 65.6 Å². The Kier molecular flexibility index (Phi) is 9.78. The molecule has 0 saturated carbocycles. The Morgan fingerprint density at radius 1 is 0.960 bits per heavy atom. The molecule has 0 N–H and O–H groups in total. The molecule has 14 heteroatoms. The molecule has 264 valence electrons. The van der Waals surface area contributed by atoms with E-state index in [1.807, 2.05) is 12.1 Å². The molecule has 13 nitrogen and oxygen atoms in total. The molecule has 50 heavy (non-hydrogen) atoms. The molecule has 0 aliphatic carbocycles. The predicted octanol–water partition coefficient (Wildman–Crippen LogP) is 3.42. The number of sulfonamides is 1. The molecule has 2 amide bonds. The van der Waals surface area contributed by atoms with Crippen molar-refractivity contribution in [2.24, 2.45) is 0 Å². The molecule has 3 aliphatic heterocycles. The van der Waals surface area contributed by atoms with Crippen molar-refractivity contribution in [3.63, 3.8) is 0 Å². The number of hydrogen-bond acceptors (Lipinski definition) is 11. The zero-order chi connectivity index (χ0) is 35.8. The summed E-state index contributed by atoms with van der Waals surface area (Å²) >= 11 is 0. The van der Waals surface area contributed by atoms with E-state index in [-0.39, 0.29) is 28.3 Å². The highest BCUT2D eigenvalue weighted by Crippen LogP contribution is 2.55. The Labute approximate surface area is 293 Å². The van der Waals surface area contributed by atoms with Crippen LogP contribution in [0.25, 0.3) is 0 Å². The Morgan fingerprint density at radius 2 is 1.68 bits per heavy atom. The number of methoxy groups -OCH3 is 2. The van der Waals surface area contributed by atoms with Gasteiger partial charge in [-0.05, 0) is 80.1 Å². The lowest BCUT2D eigenvalue weighted by Crippen LogP contribution is -2.57. The fourth-order valence-electron chi connectivity index (χ4n) is 7.09. The highest BCUT2D eigenvalue weighted by atomic mass is 32.2. The lowest BCUT2D eigenvalue weighted by molar-refractivity contribution is -0.132. The topological polar surface area (TPSA) is 136 Å². The van der Waals surface area contributed by atoms with Gasteiger partial charge >= 0.3 is 6.09 Å². The third-order valence-corrected chi connectivity index (χ3v) is 11.4. The van der Waals surface area contributed by atoms with E-state index < -0.39 is 33.8 Å². The van der Waals surface area contributed by atoms with Gasteiger partial charge in [-0.25, -0.2) is 22.4 Å². The van der Waals surface area contributed by atoms with Crippen molar-refractivity contribution in [3.05, 3.63) is 82.9 Å². The smallest absolute Gasteiger partial charge is 0.410 e. The number of ether oxygens (including phenoxy) is 3. The maximum atomic E-state index is 15.6. The highest BCUT2D eigenvalue weighted by Gasteiger charge is 2.63. The number of rotatable bonds is 9. The number of anilines is 1. The molecule has 1 unspecified atom stereocenters. The normalized spacial score (nSPS) is 21.5. The van der Waals surface area contributed by atoms with E-state index in [2.05, 4.69) is 22.9 Å². The minimum Gasteiger partial charge on any atom is -0.497 e. The number of carbonyl (C=O) groups is 2. The third kappa shape index (κ3) is 6.04. The number of likely N-dealkylation sites (N-methyl/N-ethyl adjacent to an activating group) is 1. The standard InChI is InChI=1S/C36H42N6O7S/c1-38(2)35(44)49-33-7-6-16-41(33)36(30-22-26(9-15-32(30)48-5)24-40-19-17-39(3)18-20-40)29-21-25(23-37)8-14-31(29)42(34(36)43)50(45,46)28-12-10-27(47-4)11-13-28/h8-15,21-22,33H,6-7,16-20,24H2,1-5H3/t33-,36?/m0/s1. The molecule has 0 radical (unpaired) electrons. The lowest BCUT2D eigenvalue weighted by atomic mass is 9.80. The van der Waals surface area contributed by atoms with Gasteiger partial charge in [0.1, 0.15) is 11.5 Å². The van der Waals surface area contributed by atoms with Crippen molar-refractivity contribution < 1.29 is 32.2 Å². The van der Waals surface area contributed by atoms with Gasteiger partial charge in [0.2, 0.25) is 0 Å². The minimum absolute atomic E-state index is 0.0981. The summed E-state index contributed by atoms with van der Waals surface area (Å²) in [5, 5.41) is 10.1. The summed E-state index contributed by atoms with van der Waals surface area (Å²) in [6.07, 6.45) is -0.549. The first kappa shape index (κ1) is 35.2. The first-order chi connectivity index (χ1) is 23.9. The van der Waals surface area contributed by atoms with E-state index in [0.717, 1.165) is 36.0 Å². The fraction of sp³-hybridized carbons (Fsp3) is 0.417. The molecular formula is C36H42N6O7S. The van der Waals surface area contributed by atoms with Crippen LogP contribution in [0.5, 0.6) is 11.5 Å². The van der Waals surface area contributed by atoms with E-state index >= 15 is 4.79 Å². The van der Waals surface area contributed by atoms with Crippen LogP contribution in [0.2, 0.25) is 0 Å². The SMILES string of the molecule is COc1ccc(S(=O)(=O)N2C(=O)C(c3cc(CN4CCN(C)CC4)ccc3OC)(N3CCC[C@@H]3OC(=O)N(C)C)c3cc(C#N)ccc32)cc1. The molecule has 3 heterocycles. The number of nitrogens with zero attached hydrogens (tertiary/aromatic N) is 6. The van der Waals surface area contributed by atoms with Crippen molar-refractivity contribution in [3.8, 4) is 17.6 Å². The zero-order valence-electron chi connectivity index (χ0n) is 29.0. The first-order valence-corrected chi connectivity index (χ1v) is 17.9. The van der Waals surface area contributed by atoms with E-state index in [1.165, 1.54) is 55.5 Å². The van der Waals surface area contributed by atoms with Crippen molar-refractivity contribution in [1.82, 2.24) is 19.6 Å². The van der Waals surface area contributed by atoms with Crippen LogP contribution < -0.4 is 13.8 Å². The van der Waals surface area contributed by atoms with E-state index in [4.69, 9.17) is 14.2 Å². The second-order valence-electron chi connectivity index (χ2n) is 13.0. The van der Waals surface area contributed by atoms with Crippen LogP contribution in [-0.4, -0.2) is 114 Å². The molecule has 0 spiro atoms. The molecule has 0 bridgehead atoms. The van der Waals surface area contributed by atoms with E-state index in [1.54, 1.807) is 31.1 Å². The van der Waals surface area contributed by atoms with E-state index in [9.17, 15) is 18.5 Å². The Morgan fingerprint density at radius 3 is 2.32 bits per heavy atom. The lowest BCUT2D eigenvalue weighted by Gasteiger charge is -2.42. The Bertz CT molecular complexity index is 1920. The van der Waals surface area contributed by atoms with Crippen LogP contribution in [-0.2, 0) is 31.6 Å². The van der Waals surface area contributed by atoms with Crippen LogP contribution in [0.1, 0.15) is 35.1 Å². The molecule has 0 aromatic heterocycles. The molecule has 2 fully saturated rings. The number of hydrogen-bond donors (Lipinski definition) is 0. The molecule has 2 saturated heterocycles. The second kappa shape index (κ2) is 13.9. The predicted molar refractivity (Wildman–Crippen MR) is 185 cm³/mol. The summed E-state index contributed by atoms with van der Waals surface area (Å²) in [4.78, 5) is 36.1. The monoisotopic (exact) mass is 702 g/mol. The quantitative estimate of drug-likeness (QED) is 0.325. The van der Waals surface area contributed by atoms with Gasteiger partial charge in [0.25, 0.3) is 15.9 Å². The van der Waals surface area contributed by atoms with E-state index in [0.29, 0.717) is 36.4 Å². The van der Waals surface area contributed by atoms with Crippen LogP contribution in [0.4, 0.5) is 10.5 Å². The number of carbonyl (C=O) groups excluding carboxylic acids is 2. The van der Waals surface area contributed by atoms with Gasteiger partial charge in [-0.3, -0.25) is 9.69 Å². The number of fused-ring (bicyclic) bond motifs is 1. The number of benzene rings is 3. The van der Waals surface area contributed by atoms with Gasteiger partial charge in [-0.15, -0.1) is 0 Å². The van der Waals surface area contributed by atoms with Gasteiger partial charge in [-0.2, -0.15) is 5.26 Å². The van der Waals surface area contributed by atoms with Crippen molar-refractivity contribution in [2.75, 3.05) is 72.4 Å². The second-order valence-corrected chi connectivity index (χ2v) is 14.8. The minimum atomic E-state index is -4.52. The molecule has 3 aromatic carbocycles. The summed E-state index contributed by atoms with van der Waals surface area (Å²) in [7, 11) is 3.69. The molecule has 2 atom stereocenters. The summed E-state index contributed by atoms with van der Waals surface area (Å²) in [6, 6.07) is 18.1. The summed E-state index contributed by atoms with van der Waals surface area (Å²) < 4.78 is 47.2. The maximum absolute atomic E-state index is 15.6. The Hall–Kier alpha value is -4.68. The van der Waals surface area contributed by atoms with Crippen molar-refractivity contribution >= 4 is 27.7 Å². The summed E-state index contributed by atoms with van der Waals surface area (Å²) in [5.74, 6) is 0.0120. The maximum Gasteiger partial charge on any atom is 0.410 e. The largest absolute Gasteiger partial charge is 0.497 e. The fourth-order valence-corrected chi connectivity index (χ4v) is 8.55. The first-order valence-electron chi connectivity index (χ1n) is 16.5. The third-order valence-electron chi connectivity index (χ3n) is 9.71. The zero-order valence-corrected chi connectivity index (χ0v) is 29.8. The molecule has 6 rings (SSSR count). The van der Waals surface area contributed by atoms with Crippen molar-refractivity contribution in [1.29, 1.82) is 5.26 Å². The average Bonchev–Trinajstić information content (AvgIpc) is 3.68. The molecule has 3 aromatic rings. The van der Waals surface area contributed by atoms with Crippen LogP contribution >= 0.6 is 0 Å².